The molecule has 0 bridgehead atoms. The monoisotopic (exact) mass is 348 g/mol. The molecule has 26 heavy (non-hydrogen) atoms. The topological polar surface area (TPSA) is 49.3 Å². The van der Waals surface area contributed by atoms with Gasteiger partial charge in [-0.05, 0) is 61.4 Å². The van der Waals surface area contributed by atoms with Crippen LogP contribution in [0.5, 0.6) is 0 Å². The first-order chi connectivity index (χ1) is 12.7. The lowest BCUT2D eigenvalue weighted by atomic mass is 10.0. The van der Waals surface area contributed by atoms with Gasteiger partial charge < -0.3 is 9.80 Å². The number of nitrogens with zero attached hydrogens (tertiary/aromatic N) is 4. The van der Waals surface area contributed by atoms with Crippen LogP contribution < -0.4 is 4.90 Å². The highest BCUT2D eigenvalue weighted by Crippen LogP contribution is 2.35. The molecule has 0 saturated carbocycles. The number of carbonyl (C=O) groups is 1. The molecule has 5 rings (SSSR count). The molecule has 3 aliphatic rings. The maximum absolute atomic E-state index is 13.1. The van der Waals surface area contributed by atoms with Gasteiger partial charge in [-0.15, -0.1) is 0 Å². The SMILES string of the molecule is Cc1nc2c(c3c1CCC3)CN(C(=O)[C@@H]1CCN(c3cccnc3)C1)C2. The van der Waals surface area contributed by atoms with Crippen molar-refractivity contribution < 1.29 is 4.79 Å². The maximum atomic E-state index is 13.1. The Kier molecular flexibility index (Phi) is 3.69. The number of amides is 1. The van der Waals surface area contributed by atoms with Gasteiger partial charge in [0.1, 0.15) is 0 Å². The molecule has 5 nitrogen and oxygen atoms in total. The van der Waals surface area contributed by atoms with Gasteiger partial charge in [0.2, 0.25) is 5.91 Å². The molecule has 0 aromatic carbocycles. The highest BCUT2D eigenvalue weighted by atomic mass is 16.2. The van der Waals surface area contributed by atoms with Crippen molar-refractivity contribution in [3.05, 3.63) is 52.6 Å². The van der Waals surface area contributed by atoms with Gasteiger partial charge in [0.05, 0.1) is 30.0 Å². The summed E-state index contributed by atoms with van der Waals surface area (Å²) in [6.07, 6.45) is 8.13. The Labute approximate surface area is 154 Å². The molecule has 5 heteroatoms. The van der Waals surface area contributed by atoms with E-state index in [4.69, 9.17) is 4.98 Å². The van der Waals surface area contributed by atoms with Gasteiger partial charge in [0, 0.05) is 31.5 Å². The van der Waals surface area contributed by atoms with Gasteiger partial charge in [-0.25, -0.2) is 0 Å². The van der Waals surface area contributed by atoms with Crippen molar-refractivity contribution in [2.24, 2.45) is 5.92 Å². The van der Waals surface area contributed by atoms with Gasteiger partial charge in [0.25, 0.3) is 0 Å². The van der Waals surface area contributed by atoms with E-state index in [9.17, 15) is 4.79 Å². The second kappa shape index (κ2) is 6.08. The fraction of sp³-hybridized carbons (Fsp3) is 0.476. The summed E-state index contributed by atoms with van der Waals surface area (Å²) in [5.41, 5.74) is 7.71. The van der Waals surface area contributed by atoms with Gasteiger partial charge in [0.15, 0.2) is 0 Å². The molecule has 1 fully saturated rings. The zero-order valence-corrected chi connectivity index (χ0v) is 15.2. The molecule has 4 heterocycles. The summed E-state index contributed by atoms with van der Waals surface area (Å²) in [6.45, 7) is 5.29. The largest absolute Gasteiger partial charge is 0.369 e. The summed E-state index contributed by atoms with van der Waals surface area (Å²) in [5, 5.41) is 0. The summed E-state index contributed by atoms with van der Waals surface area (Å²) < 4.78 is 0. The second-order valence-electron chi connectivity index (χ2n) is 7.77. The van der Waals surface area contributed by atoms with Crippen molar-refractivity contribution in [1.29, 1.82) is 0 Å². The lowest BCUT2D eigenvalue weighted by Crippen LogP contribution is -2.34. The first-order valence-corrected chi connectivity index (χ1v) is 9.64. The second-order valence-corrected chi connectivity index (χ2v) is 7.77. The van der Waals surface area contributed by atoms with Crippen molar-refractivity contribution in [2.45, 2.75) is 45.7 Å². The van der Waals surface area contributed by atoms with Crippen molar-refractivity contribution in [3.63, 3.8) is 0 Å². The van der Waals surface area contributed by atoms with Crippen LogP contribution in [0.3, 0.4) is 0 Å². The number of fused-ring (bicyclic) bond motifs is 3. The Bertz CT molecular complexity index is 864. The third-order valence-electron chi connectivity index (χ3n) is 6.22. The smallest absolute Gasteiger partial charge is 0.228 e. The number of aryl methyl sites for hydroxylation is 1. The maximum Gasteiger partial charge on any atom is 0.228 e. The summed E-state index contributed by atoms with van der Waals surface area (Å²) in [5.74, 6) is 0.373. The van der Waals surface area contributed by atoms with Crippen LogP contribution in [0.15, 0.2) is 24.5 Å². The highest BCUT2D eigenvalue weighted by molar-refractivity contribution is 5.81. The molecule has 1 saturated heterocycles. The number of anilines is 1. The fourth-order valence-electron chi connectivity index (χ4n) is 4.88. The van der Waals surface area contributed by atoms with Crippen LogP contribution in [0.4, 0.5) is 5.69 Å². The molecular weight excluding hydrogens is 324 g/mol. The van der Waals surface area contributed by atoms with Gasteiger partial charge in [-0.3, -0.25) is 14.8 Å². The fourth-order valence-corrected chi connectivity index (χ4v) is 4.88. The van der Waals surface area contributed by atoms with Crippen molar-refractivity contribution in [1.82, 2.24) is 14.9 Å². The van der Waals surface area contributed by atoms with E-state index in [0.29, 0.717) is 12.5 Å². The minimum Gasteiger partial charge on any atom is -0.369 e. The Morgan fingerprint density at radius 1 is 1.19 bits per heavy atom. The van der Waals surface area contributed by atoms with E-state index in [0.717, 1.165) is 50.3 Å². The molecule has 1 atom stereocenters. The first-order valence-electron chi connectivity index (χ1n) is 9.64. The number of hydrogen-bond donors (Lipinski definition) is 0. The van der Waals surface area contributed by atoms with Crippen LogP contribution in [-0.4, -0.2) is 33.9 Å². The molecule has 1 aliphatic carbocycles. The minimum atomic E-state index is 0.0821. The summed E-state index contributed by atoms with van der Waals surface area (Å²) in [4.78, 5) is 26.5. The van der Waals surface area contributed by atoms with Crippen LogP contribution >= 0.6 is 0 Å². The molecule has 2 aliphatic heterocycles. The first kappa shape index (κ1) is 15.8. The summed E-state index contributed by atoms with van der Waals surface area (Å²) in [6, 6.07) is 4.03. The summed E-state index contributed by atoms with van der Waals surface area (Å²) >= 11 is 0. The molecular formula is C21H24N4O. The Morgan fingerprint density at radius 2 is 2.08 bits per heavy atom. The number of aromatic nitrogens is 2. The number of hydrogen-bond acceptors (Lipinski definition) is 4. The van der Waals surface area contributed by atoms with E-state index < -0.39 is 0 Å². The van der Waals surface area contributed by atoms with Crippen LogP contribution in [-0.2, 0) is 30.7 Å². The number of rotatable bonds is 2. The lowest BCUT2D eigenvalue weighted by Gasteiger charge is -2.21. The van der Waals surface area contributed by atoms with Gasteiger partial charge in [-0.2, -0.15) is 0 Å². The predicted molar refractivity (Wildman–Crippen MR) is 99.8 cm³/mol. The minimum absolute atomic E-state index is 0.0821. The zero-order valence-electron chi connectivity index (χ0n) is 15.2. The number of pyridine rings is 2. The van der Waals surface area contributed by atoms with Crippen LogP contribution in [0, 0.1) is 12.8 Å². The normalized spacial score (nSPS) is 21.2. The van der Waals surface area contributed by atoms with E-state index in [-0.39, 0.29) is 5.92 Å². The highest BCUT2D eigenvalue weighted by Gasteiger charge is 2.36. The van der Waals surface area contributed by atoms with E-state index in [1.165, 1.54) is 28.8 Å². The average Bonchev–Trinajstić information content (AvgIpc) is 3.40. The third kappa shape index (κ3) is 2.49. The molecule has 1 amide bonds. The van der Waals surface area contributed by atoms with Crippen molar-refractivity contribution in [2.75, 3.05) is 18.0 Å². The molecule has 2 aromatic rings. The van der Waals surface area contributed by atoms with Crippen LogP contribution in [0.25, 0.3) is 0 Å². The standard InChI is InChI=1S/C21H24N4O/c1-14-17-5-2-6-18(17)19-12-25(13-20(19)23-14)21(26)15-7-9-24(11-15)16-4-3-8-22-10-16/h3-4,8,10,15H,2,5-7,9,11-13H2,1H3/t15-/m1/s1. The lowest BCUT2D eigenvalue weighted by molar-refractivity contribution is -0.135. The quantitative estimate of drug-likeness (QED) is 0.837. The zero-order chi connectivity index (χ0) is 17.7. The Balaban J connectivity index is 1.32. The molecule has 2 aromatic heterocycles. The average molecular weight is 348 g/mol. The van der Waals surface area contributed by atoms with Gasteiger partial charge >= 0.3 is 0 Å². The van der Waals surface area contributed by atoms with Crippen molar-refractivity contribution in [3.8, 4) is 0 Å². The van der Waals surface area contributed by atoms with Crippen LogP contribution in [0.1, 0.15) is 40.9 Å². The molecule has 0 unspecified atom stereocenters. The summed E-state index contributed by atoms with van der Waals surface area (Å²) in [7, 11) is 0. The van der Waals surface area contributed by atoms with Gasteiger partial charge in [-0.1, -0.05) is 0 Å². The van der Waals surface area contributed by atoms with Crippen LogP contribution in [0.2, 0.25) is 0 Å². The predicted octanol–water partition coefficient (Wildman–Crippen LogP) is 2.64. The molecule has 134 valence electrons. The molecule has 0 spiro atoms. The van der Waals surface area contributed by atoms with E-state index in [1.54, 1.807) is 6.20 Å². The van der Waals surface area contributed by atoms with Crippen molar-refractivity contribution >= 4 is 11.6 Å². The number of carbonyl (C=O) groups excluding carboxylic acids is 1. The van der Waals surface area contributed by atoms with E-state index in [1.807, 2.05) is 17.2 Å². The Hall–Kier alpha value is -2.43. The Morgan fingerprint density at radius 3 is 2.92 bits per heavy atom. The molecule has 0 radical (unpaired) electrons. The van der Waals surface area contributed by atoms with E-state index in [2.05, 4.69) is 22.9 Å². The van der Waals surface area contributed by atoms with E-state index >= 15 is 0 Å². The molecule has 0 N–H and O–H groups in total. The third-order valence-corrected chi connectivity index (χ3v) is 6.22.